The zero-order valence-electron chi connectivity index (χ0n) is 10.3. The Morgan fingerprint density at radius 1 is 1.28 bits per heavy atom. The van der Waals surface area contributed by atoms with Crippen LogP contribution in [0, 0.1) is 5.41 Å². The number of amides is 1. The van der Waals surface area contributed by atoms with Crippen LogP contribution in [0.4, 0.5) is 5.69 Å². The Kier molecular flexibility index (Phi) is 4.67. The minimum atomic E-state index is -1.74. The average Bonchev–Trinajstić information content (AvgIpc) is 2.23. The van der Waals surface area contributed by atoms with Crippen LogP contribution in [0.1, 0.15) is 20.8 Å². The number of hydrogen-bond acceptors (Lipinski definition) is 3. The van der Waals surface area contributed by atoms with Gasteiger partial charge in [0.1, 0.15) is 0 Å². The molecular weight excluding hydrogens is 276 g/mol. The van der Waals surface area contributed by atoms with Crippen LogP contribution in [0.15, 0.2) is 12.1 Å². The fraction of sp³-hybridized carbons (Fsp3) is 0.364. The SMILES string of the molecule is CC(C)(C)C(=O)Nc1c(B(O)O)ccc(Cl)c1Cl. The van der Waals surface area contributed by atoms with E-state index in [1.54, 1.807) is 20.8 Å². The maximum absolute atomic E-state index is 11.9. The van der Waals surface area contributed by atoms with Gasteiger partial charge in [0, 0.05) is 10.9 Å². The predicted molar refractivity (Wildman–Crippen MR) is 74.4 cm³/mol. The lowest BCUT2D eigenvalue weighted by atomic mass is 9.78. The summed E-state index contributed by atoms with van der Waals surface area (Å²) in [6.07, 6.45) is 0. The molecule has 0 fully saturated rings. The van der Waals surface area contributed by atoms with Gasteiger partial charge in [0.15, 0.2) is 0 Å². The van der Waals surface area contributed by atoms with E-state index in [0.717, 1.165) is 0 Å². The summed E-state index contributed by atoms with van der Waals surface area (Å²) in [5.41, 5.74) is -0.412. The number of benzene rings is 1. The zero-order chi connectivity index (χ0) is 14.1. The maximum Gasteiger partial charge on any atom is 0.490 e. The van der Waals surface area contributed by atoms with Gasteiger partial charge in [0.2, 0.25) is 5.91 Å². The fourth-order valence-electron chi connectivity index (χ4n) is 1.21. The third-order valence-corrected chi connectivity index (χ3v) is 3.13. The summed E-state index contributed by atoms with van der Waals surface area (Å²) in [7, 11) is -1.74. The standard InChI is InChI=1S/C11H14BCl2NO3/c1-11(2,3)10(16)15-9-6(12(17)18)4-5-7(13)8(9)14/h4-5,17-18H,1-3H3,(H,15,16). The summed E-state index contributed by atoms with van der Waals surface area (Å²) in [6.45, 7) is 5.20. The second-order valence-electron chi connectivity index (χ2n) is 4.90. The normalized spacial score (nSPS) is 11.3. The van der Waals surface area contributed by atoms with Crippen molar-refractivity contribution in [2.45, 2.75) is 20.8 Å². The number of anilines is 1. The summed E-state index contributed by atoms with van der Waals surface area (Å²) in [5.74, 6) is -0.298. The number of hydrogen-bond donors (Lipinski definition) is 3. The molecule has 0 aliphatic rings. The number of rotatable bonds is 2. The summed E-state index contributed by atoms with van der Waals surface area (Å²) in [6, 6.07) is 2.84. The molecule has 0 spiro atoms. The second-order valence-corrected chi connectivity index (χ2v) is 5.69. The molecule has 18 heavy (non-hydrogen) atoms. The van der Waals surface area contributed by atoms with Crippen molar-refractivity contribution in [3.63, 3.8) is 0 Å². The smallest absolute Gasteiger partial charge is 0.423 e. The molecule has 3 N–H and O–H groups in total. The van der Waals surface area contributed by atoms with Gasteiger partial charge in [-0.25, -0.2) is 0 Å². The number of halogens is 2. The Balaban J connectivity index is 3.22. The molecule has 0 radical (unpaired) electrons. The van der Waals surface area contributed by atoms with Crippen LogP contribution in [-0.4, -0.2) is 23.1 Å². The first kappa shape index (κ1) is 15.3. The van der Waals surface area contributed by atoms with Gasteiger partial charge in [-0.15, -0.1) is 0 Å². The molecule has 0 heterocycles. The molecule has 0 saturated carbocycles. The molecule has 98 valence electrons. The van der Waals surface area contributed by atoms with Gasteiger partial charge in [-0.1, -0.05) is 50.0 Å². The number of carbonyl (C=O) groups is 1. The molecule has 1 aromatic carbocycles. The molecule has 1 rings (SSSR count). The highest BCUT2D eigenvalue weighted by Gasteiger charge is 2.26. The van der Waals surface area contributed by atoms with Crippen molar-refractivity contribution in [3.05, 3.63) is 22.2 Å². The van der Waals surface area contributed by atoms with Crippen molar-refractivity contribution >= 4 is 47.4 Å². The third kappa shape index (κ3) is 3.39. The Labute approximate surface area is 116 Å². The molecule has 0 bridgehead atoms. The highest BCUT2D eigenvalue weighted by Crippen LogP contribution is 2.29. The quantitative estimate of drug-likeness (QED) is 0.725. The Hall–Kier alpha value is -0.745. The van der Waals surface area contributed by atoms with Gasteiger partial charge in [-0.2, -0.15) is 0 Å². The molecule has 0 atom stereocenters. The van der Waals surface area contributed by atoms with Crippen LogP contribution in [0.3, 0.4) is 0 Å². The van der Waals surface area contributed by atoms with Crippen molar-refractivity contribution in [3.8, 4) is 0 Å². The lowest BCUT2D eigenvalue weighted by Gasteiger charge is -2.20. The molecule has 0 unspecified atom stereocenters. The molecule has 1 amide bonds. The van der Waals surface area contributed by atoms with Gasteiger partial charge in [0.25, 0.3) is 0 Å². The molecule has 7 heteroatoms. The van der Waals surface area contributed by atoms with Crippen molar-refractivity contribution in [2.24, 2.45) is 5.41 Å². The van der Waals surface area contributed by atoms with Crippen LogP contribution in [0.2, 0.25) is 10.0 Å². The first-order valence-corrected chi connectivity index (χ1v) is 6.05. The number of carbonyl (C=O) groups excluding carboxylic acids is 1. The summed E-state index contributed by atoms with van der Waals surface area (Å²) >= 11 is 11.8. The van der Waals surface area contributed by atoms with Crippen molar-refractivity contribution in [2.75, 3.05) is 5.32 Å². The molecule has 0 aliphatic carbocycles. The van der Waals surface area contributed by atoms with Crippen molar-refractivity contribution in [1.29, 1.82) is 0 Å². The van der Waals surface area contributed by atoms with Gasteiger partial charge in [0.05, 0.1) is 15.7 Å². The largest absolute Gasteiger partial charge is 0.490 e. The van der Waals surface area contributed by atoms with Gasteiger partial charge in [-0.05, 0) is 6.07 Å². The average molecular weight is 290 g/mol. The summed E-state index contributed by atoms with van der Waals surface area (Å²) in [4.78, 5) is 11.9. The molecular formula is C11H14BCl2NO3. The summed E-state index contributed by atoms with van der Waals surface area (Å²) in [5, 5.41) is 21.4. The third-order valence-electron chi connectivity index (χ3n) is 2.32. The lowest BCUT2D eigenvalue weighted by molar-refractivity contribution is -0.123. The van der Waals surface area contributed by atoms with E-state index in [4.69, 9.17) is 23.2 Å². The van der Waals surface area contributed by atoms with Gasteiger partial charge < -0.3 is 15.4 Å². The van der Waals surface area contributed by atoms with Crippen LogP contribution >= 0.6 is 23.2 Å². The van der Waals surface area contributed by atoms with Crippen LogP contribution < -0.4 is 10.8 Å². The molecule has 0 aromatic heterocycles. The van der Waals surface area contributed by atoms with E-state index in [1.807, 2.05) is 0 Å². The maximum atomic E-state index is 11.9. The van der Waals surface area contributed by atoms with E-state index in [2.05, 4.69) is 5.32 Å². The van der Waals surface area contributed by atoms with Crippen LogP contribution in [-0.2, 0) is 4.79 Å². The van der Waals surface area contributed by atoms with Crippen molar-refractivity contribution < 1.29 is 14.8 Å². The van der Waals surface area contributed by atoms with Crippen molar-refractivity contribution in [1.82, 2.24) is 0 Å². The fourth-order valence-corrected chi connectivity index (χ4v) is 1.59. The Morgan fingerprint density at radius 2 is 1.83 bits per heavy atom. The zero-order valence-corrected chi connectivity index (χ0v) is 11.8. The first-order chi connectivity index (χ1) is 8.14. The van der Waals surface area contributed by atoms with Gasteiger partial charge in [-0.3, -0.25) is 4.79 Å². The highest BCUT2D eigenvalue weighted by atomic mass is 35.5. The van der Waals surface area contributed by atoms with E-state index in [9.17, 15) is 14.8 Å². The monoisotopic (exact) mass is 289 g/mol. The Morgan fingerprint density at radius 3 is 2.28 bits per heavy atom. The van der Waals surface area contributed by atoms with E-state index >= 15 is 0 Å². The van der Waals surface area contributed by atoms with E-state index in [0.29, 0.717) is 0 Å². The van der Waals surface area contributed by atoms with E-state index in [-0.39, 0.29) is 27.1 Å². The number of nitrogens with one attached hydrogen (secondary N) is 1. The molecule has 0 aliphatic heterocycles. The predicted octanol–water partition coefficient (Wildman–Crippen LogP) is 1.66. The van der Waals surface area contributed by atoms with E-state index < -0.39 is 12.5 Å². The molecule has 1 aromatic rings. The first-order valence-electron chi connectivity index (χ1n) is 5.30. The topological polar surface area (TPSA) is 69.6 Å². The van der Waals surface area contributed by atoms with Crippen LogP contribution in [0.5, 0.6) is 0 Å². The molecule has 4 nitrogen and oxygen atoms in total. The van der Waals surface area contributed by atoms with Crippen LogP contribution in [0.25, 0.3) is 0 Å². The Bertz CT molecular complexity index is 472. The molecule has 0 saturated heterocycles. The second kappa shape index (κ2) is 5.49. The minimum Gasteiger partial charge on any atom is -0.423 e. The lowest BCUT2D eigenvalue weighted by Crippen LogP contribution is -2.36. The summed E-state index contributed by atoms with van der Waals surface area (Å²) < 4.78 is 0. The highest BCUT2D eigenvalue weighted by molar-refractivity contribution is 6.62. The van der Waals surface area contributed by atoms with E-state index in [1.165, 1.54) is 12.1 Å². The minimum absolute atomic E-state index is 0.0832. The van der Waals surface area contributed by atoms with Gasteiger partial charge >= 0.3 is 7.12 Å².